The normalized spacial score (nSPS) is 10.8. The summed E-state index contributed by atoms with van der Waals surface area (Å²) in [5.74, 6) is -0.00730. The van der Waals surface area contributed by atoms with E-state index in [0.717, 1.165) is 43.3 Å². The third-order valence-corrected chi connectivity index (χ3v) is 7.10. The Morgan fingerprint density at radius 1 is 0.897 bits per heavy atom. The van der Waals surface area contributed by atoms with Gasteiger partial charge in [0.05, 0.1) is 10.6 Å². The first-order valence-corrected chi connectivity index (χ1v) is 13.1. The number of thiazole rings is 1. The lowest BCUT2D eigenvalue weighted by Crippen LogP contribution is -2.10. The van der Waals surface area contributed by atoms with Crippen molar-refractivity contribution < 1.29 is 24.2 Å². The molecule has 196 valence electrons. The molecule has 5 rings (SSSR count). The lowest BCUT2D eigenvalue weighted by atomic mass is 10.0. The van der Waals surface area contributed by atoms with Crippen LogP contribution in [0.1, 0.15) is 17.5 Å². The van der Waals surface area contributed by atoms with Crippen molar-refractivity contribution in [2.45, 2.75) is 20.5 Å². The van der Waals surface area contributed by atoms with Gasteiger partial charge in [-0.1, -0.05) is 48.5 Å². The second-order valence-electron chi connectivity index (χ2n) is 9.00. The van der Waals surface area contributed by atoms with Crippen LogP contribution in [0.2, 0.25) is 0 Å². The first-order valence-electron chi connectivity index (χ1n) is 12.3. The third kappa shape index (κ3) is 6.25. The fraction of sp³-hybridized carbons (Fsp3) is 0.129. The van der Waals surface area contributed by atoms with Gasteiger partial charge >= 0.3 is 5.97 Å². The fourth-order valence-electron chi connectivity index (χ4n) is 4.22. The number of aryl methyl sites for hydroxylation is 1. The van der Waals surface area contributed by atoms with Crippen molar-refractivity contribution in [2.75, 3.05) is 11.9 Å². The Bertz CT molecular complexity index is 1660. The lowest BCUT2D eigenvalue weighted by Gasteiger charge is -2.09. The Kier molecular flexibility index (Phi) is 7.56. The molecule has 1 amide bonds. The molecule has 7 nitrogen and oxygen atoms in total. The molecule has 0 saturated heterocycles. The molecule has 0 saturated carbocycles. The van der Waals surface area contributed by atoms with E-state index < -0.39 is 12.6 Å². The van der Waals surface area contributed by atoms with Gasteiger partial charge in [0.1, 0.15) is 23.1 Å². The molecule has 5 aromatic rings. The monoisotopic (exact) mass is 538 g/mol. The molecule has 0 radical (unpaired) electrons. The summed E-state index contributed by atoms with van der Waals surface area (Å²) in [6.45, 7) is 3.20. The SMILES string of the molecule is CC(=O)Nc1ccc(-c2nc(COc3ccc(OCC(=O)O)c(C)c3)sc2-c2ccc3ccccc3c2)cc1. The Labute approximate surface area is 229 Å². The van der Waals surface area contributed by atoms with Gasteiger partial charge in [0.15, 0.2) is 6.61 Å². The van der Waals surface area contributed by atoms with Gasteiger partial charge in [-0.25, -0.2) is 9.78 Å². The van der Waals surface area contributed by atoms with E-state index in [1.165, 1.54) is 12.3 Å². The molecule has 0 aliphatic rings. The van der Waals surface area contributed by atoms with Gasteiger partial charge in [0.25, 0.3) is 0 Å². The molecule has 4 aromatic carbocycles. The smallest absolute Gasteiger partial charge is 0.341 e. The van der Waals surface area contributed by atoms with Crippen LogP contribution in [-0.2, 0) is 16.2 Å². The summed E-state index contributed by atoms with van der Waals surface area (Å²) in [6, 6.07) is 27.5. The van der Waals surface area contributed by atoms with Crippen molar-refractivity contribution in [2.24, 2.45) is 0 Å². The zero-order valence-corrected chi connectivity index (χ0v) is 22.2. The van der Waals surface area contributed by atoms with E-state index in [1.807, 2.05) is 49.4 Å². The van der Waals surface area contributed by atoms with Crippen molar-refractivity contribution in [3.05, 3.63) is 95.5 Å². The standard InChI is InChI=1S/C31H26N2O5S/c1-19-15-26(13-14-27(19)38-18-29(35)36)37-17-28-33-30(22-9-11-25(12-10-22)32-20(2)34)31(39-28)24-8-7-21-5-3-4-6-23(21)16-24/h3-16H,17-18H2,1-2H3,(H,32,34)(H,35,36). The van der Waals surface area contributed by atoms with Crippen molar-refractivity contribution in [3.8, 4) is 33.2 Å². The number of hydrogen-bond acceptors (Lipinski definition) is 6. The summed E-state index contributed by atoms with van der Waals surface area (Å²) in [4.78, 5) is 28.2. The third-order valence-electron chi connectivity index (χ3n) is 6.02. The van der Waals surface area contributed by atoms with Gasteiger partial charge in [0.2, 0.25) is 5.91 Å². The zero-order valence-electron chi connectivity index (χ0n) is 21.4. The number of carboxylic acid groups (broad SMARTS) is 1. The van der Waals surface area contributed by atoms with E-state index in [-0.39, 0.29) is 12.5 Å². The van der Waals surface area contributed by atoms with Crippen molar-refractivity contribution >= 4 is 39.7 Å². The van der Waals surface area contributed by atoms with E-state index >= 15 is 0 Å². The van der Waals surface area contributed by atoms with Gasteiger partial charge in [-0.05, 0) is 65.2 Å². The summed E-state index contributed by atoms with van der Waals surface area (Å²) in [5.41, 5.74) is 4.35. The van der Waals surface area contributed by atoms with E-state index in [1.54, 1.807) is 23.5 Å². The lowest BCUT2D eigenvalue weighted by molar-refractivity contribution is -0.139. The van der Waals surface area contributed by atoms with Gasteiger partial charge in [-0.2, -0.15) is 0 Å². The summed E-state index contributed by atoms with van der Waals surface area (Å²) in [7, 11) is 0. The van der Waals surface area contributed by atoms with E-state index in [4.69, 9.17) is 19.6 Å². The molecule has 2 N–H and O–H groups in total. The van der Waals surface area contributed by atoms with Gasteiger partial charge in [-0.15, -0.1) is 11.3 Å². The maximum atomic E-state index is 11.4. The number of amides is 1. The first-order chi connectivity index (χ1) is 18.9. The highest BCUT2D eigenvalue weighted by Gasteiger charge is 2.16. The number of nitrogens with one attached hydrogen (secondary N) is 1. The van der Waals surface area contributed by atoms with Crippen molar-refractivity contribution in [3.63, 3.8) is 0 Å². The average molecular weight is 539 g/mol. The average Bonchev–Trinajstić information content (AvgIpc) is 3.35. The Balaban J connectivity index is 1.44. The fourth-order valence-corrected chi connectivity index (χ4v) is 5.22. The molecular formula is C31H26N2O5S. The van der Waals surface area contributed by atoms with Gasteiger partial charge in [-0.3, -0.25) is 4.79 Å². The molecule has 0 bridgehead atoms. The largest absolute Gasteiger partial charge is 0.486 e. The Hall–Kier alpha value is -4.69. The van der Waals surface area contributed by atoms with Crippen LogP contribution in [0.15, 0.2) is 84.9 Å². The maximum absolute atomic E-state index is 11.4. The number of aliphatic carboxylic acids is 1. The quantitative estimate of drug-likeness (QED) is 0.211. The molecule has 8 heteroatoms. The molecule has 0 aliphatic heterocycles. The van der Waals surface area contributed by atoms with E-state index in [0.29, 0.717) is 11.5 Å². The van der Waals surface area contributed by atoms with Crippen LogP contribution >= 0.6 is 11.3 Å². The summed E-state index contributed by atoms with van der Waals surface area (Å²) in [5, 5.41) is 14.8. The predicted molar refractivity (Wildman–Crippen MR) is 153 cm³/mol. The molecule has 1 heterocycles. The van der Waals surface area contributed by atoms with Crippen LogP contribution in [0.3, 0.4) is 0 Å². The number of benzene rings is 4. The number of nitrogens with zero attached hydrogens (tertiary/aromatic N) is 1. The number of carbonyl (C=O) groups is 2. The highest BCUT2D eigenvalue weighted by atomic mass is 32.1. The molecule has 1 aromatic heterocycles. The predicted octanol–water partition coefficient (Wildman–Crippen LogP) is 6.94. The maximum Gasteiger partial charge on any atom is 0.341 e. The number of ether oxygens (including phenoxy) is 2. The number of fused-ring (bicyclic) bond motifs is 1. The van der Waals surface area contributed by atoms with Crippen LogP contribution in [0.5, 0.6) is 11.5 Å². The Morgan fingerprint density at radius 2 is 1.64 bits per heavy atom. The highest BCUT2D eigenvalue weighted by molar-refractivity contribution is 7.15. The van der Waals surface area contributed by atoms with Crippen molar-refractivity contribution in [1.29, 1.82) is 0 Å². The highest BCUT2D eigenvalue weighted by Crippen LogP contribution is 2.39. The van der Waals surface area contributed by atoms with E-state index in [9.17, 15) is 9.59 Å². The minimum atomic E-state index is -1.03. The summed E-state index contributed by atoms with van der Waals surface area (Å²) in [6.07, 6.45) is 0. The molecule has 0 fully saturated rings. The van der Waals surface area contributed by atoms with Crippen LogP contribution in [0.4, 0.5) is 5.69 Å². The summed E-state index contributed by atoms with van der Waals surface area (Å²) < 4.78 is 11.4. The molecule has 0 aliphatic carbocycles. The van der Waals surface area contributed by atoms with Crippen LogP contribution < -0.4 is 14.8 Å². The number of carboxylic acids is 1. The summed E-state index contributed by atoms with van der Waals surface area (Å²) >= 11 is 1.57. The van der Waals surface area contributed by atoms with E-state index in [2.05, 4.69) is 35.6 Å². The number of rotatable bonds is 9. The molecule has 0 spiro atoms. The molecule has 0 atom stereocenters. The minimum Gasteiger partial charge on any atom is -0.486 e. The Morgan fingerprint density at radius 3 is 2.36 bits per heavy atom. The van der Waals surface area contributed by atoms with Gasteiger partial charge < -0.3 is 19.9 Å². The van der Waals surface area contributed by atoms with Crippen molar-refractivity contribution in [1.82, 2.24) is 4.98 Å². The topological polar surface area (TPSA) is 97.8 Å². The van der Waals surface area contributed by atoms with Gasteiger partial charge in [0, 0.05) is 18.2 Å². The number of aromatic nitrogens is 1. The second-order valence-corrected chi connectivity index (χ2v) is 10.1. The number of carbonyl (C=O) groups excluding carboxylic acids is 1. The first kappa shape index (κ1) is 25.9. The van der Waals surface area contributed by atoms with Crippen LogP contribution in [-0.4, -0.2) is 28.6 Å². The van der Waals surface area contributed by atoms with Crippen LogP contribution in [0, 0.1) is 6.92 Å². The second kappa shape index (κ2) is 11.4. The van der Waals surface area contributed by atoms with Crippen LogP contribution in [0.25, 0.3) is 32.5 Å². The number of anilines is 1. The molecular weight excluding hydrogens is 512 g/mol. The number of hydrogen-bond donors (Lipinski definition) is 2. The zero-order chi connectivity index (χ0) is 27.4. The minimum absolute atomic E-state index is 0.121. The molecule has 0 unspecified atom stereocenters. The molecule has 39 heavy (non-hydrogen) atoms.